The summed E-state index contributed by atoms with van der Waals surface area (Å²) in [6, 6.07) is 0. The first-order chi connectivity index (χ1) is 7.02. The SMILES string of the molecule is C.CC(C)(C)O[C-]=O.CNC(=O)OC(C)(C)C.[Y]. The van der Waals surface area contributed by atoms with Gasteiger partial charge >= 0.3 is 6.09 Å². The molecule has 0 heterocycles. The molecule has 0 unspecified atom stereocenters. The van der Waals surface area contributed by atoms with Crippen molar-refractivity contribution < 1.29 is 51.8 Å². The van der Waals surface area contributed by atoms with E-state index in [4.69, 9.17) is 4.74 Å². The minimum absolute atomic E-state index is 0. The predicted octanol–water partition coefficient (Wildman–Crippen LogP) is 2.64. The van der Waals surface area contributed by atoms with E-state index in [1.165, 1.54) is 13.5 Å². The zero-order chi connectivity index (χ0) is 13.4. The van der Waals surface area contributed by atoms with E-state index in [-0.39, 0.29) is 57.4 Å². The van der Waals surface area contributed by atoms with Gasteiger partial charge in [0.05, 0.1) is 5.60 Å². The van der Waals surface area contributed by atoms with Crippen LogP contribution in [-0.4, -0.2) is 30.8 Å². The van der Waals surface area contributed by atoms with Crippen molar-refractivity contribution in [2.24, 2.45) is 0 Å². The van der Waals surface area contributed by atoms with E-state index in [0.29, 0.717) is 0 Å². The molecule has 0 spiro atoms. The first kappa shape index (κ1) is 26.4. The molecule has 0 rings (SSSR count). The van der Waals surface area contributed by atoms with Gasteiger partial charge in [0.25, 0.3) is 0 Å². The molecule has 1 radical (unpaired) electrons. The van der Waals surface area contributed by atoms with Gasteiger partial charge in [0.1, 0.15) is 5.60 Å². The van der Waals surface area contributed by atoms with E-state index in [0.717, 1.165) is 0 Å². The largest absolute Gasteiger partial charge is 0.649 e. The van der Waals surface area contributed by atoms with Gasteiger partial charge in [-0.1, -0.05) is 13.9 Å². The van der Waals surface area contributed by atoms with Gasteiger partial charge in [-0.2, -0.15) is 0 Å². The second-order valence-corrected chi connectivity index (χ2v) is 5.05. The van der Waals surface area contributed by atoms with E-state index in [1.807, 2.05) is 20.8 Å². The van der Waals surface area contributed by atoms with Gasteiger partial charge in [-0.15, -0.1) is 0 Å². The molecule has 1 N–H and O–H groups in total. The molecule has 0 aromatic heterocycles. The van der Waals surface area contributed by atoms with Gasteiger partial charge < -0.3 is 19.6 Å². The molecule has 0 saturated carbocycles. The number of carbonyl (C=O) groups excluding carboxylic acids is 2. The Morgan fingerprint density at radius 3 is 1.50 bits per heavy atom. The van der Waals surface area contributed by atoms with Crippen molar-refractivity contribution in [1.29, 1.82) is 0 Å². The second-order valence-electron chi connectivity index (χ2n) is 5.05. The van der Waals surface area contributed by atoms with Gasteiger partial charge in [0.15, 0.2) is 0 Å². The third kappa shape index (κ3) is 29.7. The average molecular weight is 337 g/mol. The van der Waals surface area contributed by atoms with Crippen LogP contribution in [0.25, 0.3) is 0 Å². The Balaban J connectivity index is -0.000000100. The predicted molar refractivity (Wildman–Crippen MR) is 68.6 cm³/mol. The van der Waals surface area contributed by atoms with Crippen LogP contribution in [0.5, 0.6) is 0 Å². The van der Waals surface area contributed by atoms with Gasteiger partial charge in [-0.3, -0.25) is 0 Å². The van der Waals surface area contributed by atoms with E-state index < -0.39 is 0 Å². The maximum absolute atomic E-state index is 10.5. The fraction of sp³-hybridized carbons (Fsp3) is 0.833. The summed E-state index contributed by atoms with van der Waals surface area (Å²) in [5.41, 5.74) is -0.762. The van der Waals surface area contributed by atoms with Crippen LogP contribution in [0.4, 0.5) is 4.79 Å². The topological polar surface area (TPSA) is 64.6 Å². The first-order valence-electron chi connectivity index (χ1n) is 4.97. The van der Waals surface area contributed by atoms with E-state index >= 15 is 0 Å². The van der Waals surface area contributed by atoms with Crippen LogP contribution < -0.4 is 5.32 Å². The van der Waals surface area contributed by atoms with Crippen molar-refractivity contribution in [2.75, 3.05) is 7.05 Å². The zero-order valence-corrected chi connectivity index (χ0v) is 14.5. The van der Waals surface area contributed by atoms with Crippen LogP contribution in [0.2, 0.25) is 0 Å². The molecule has 0 aliphatic rings. The minimum atomic E-state index is -0.389. The Kier molecular flexibility index (Phi) is 17.5. The van der Waals surface area contributed by atoms with Gasteiger partial charge in [0.2, 0.25) is 0 Å². The van der Waals surface area contributed by atoms with Crippen molar-refractivity contribution >= 4 is 12.6 Å². The molecule has 0 aliphatic heterocycles. The van der Waals surface area contributed by atoms with E-state index in [1.54, 1.807) is 20.8 Å². The monoisotopic (exact) mass is 337 g/mol. The summed E-state index contributed by atoms with van der Waals surface area (Å²) in [6.07, 6.45) is -0.387. The zero-order valence-electron chi connectivity index (χ0n) is 11.7. The fourth-order valence-electron chi connectivity index (χ4n) is 0.454. The van der Waals surface area contributed by atoms with Gasteiger partial charge in [-0.05, 0) is 41.5 Å². The fourth-order valence-corrected chi connectivity index (χ4v) is 0.454. The number of nitrogens with one attached hydrogen (secondary N) is 1. The minimum Gasteiger partial charge on any atom is -0.649 e. The summed E-state index contributed by atoms with van der Waals surface area (Å²) in [7, 11) is 1.54. The molecule has 0 aromatic rings. The number of hydrogen-bond acceptors (Lipinski definition) is 4. The number of rotatable bonds is 1. The van der Waals surface area contributed by atoms with E-state index in [2.05, 4.69) is 10.1 Å². The summed E-state index contributed by atoms with van der Waals surface area (Å²) in [6.45, 7) is 12.2. The van der Waals surface area contributed by atoms with Gasteiger partial charge in [-0.25, -0.2) is 4.79 Å². The Morgan fingerprint density at radius 2 is 1.44 bits per heavy atom. The Bertz CT molecular complexity index is 219. The third-order valence-electron chi connectivity index (χ3n) is 0.951. The maximum Gasteiger partial charge on any atom is 0.407 e. The van der Waals surface area contributed by atoms with Crippen LogP contribution in [0, 0.1) is 0 Å². The summed E-state index contributed by atoms with van der Waals surface area (Å²) in [5.74, 6) is 0. The molecule has 0 saturated heterocycles. The Hall–Kier alpha value is -0.156. The second kappa shape index (κ2) is 11.9. The molecule has 1 amide bonds. The molecular formula is C12H26NO4Y-. The number of alkyl carbamates (subject to hydrolysis) is 1. The number of carbonyl (C=O) groups is 1. The van der Waals surface area contributed by atoms with Crippen LogP contribution >= 0.6 is 0 Å². The molecule has 0 aliphatic carbocycles. The summed E-state index contributed by atoms with van der Waals surface area (Å²) < 4.78 is 9.26. The number of hydrogen-bond donors (Lipinski definition) is 1. The molecule has 18 heavy (non-hydrogen) atoms. The molecule has 6 heteroatoms. The molecule has 0 atom stereocenters. The number of amides is 1. The van der Waals surface area contributed by atoms with Crippen LogP contribution in [0.3, 0.4) is 0 Å². The molecular weight excluding hydrogens is 311 g/mol. The van der Waals surface area contributed by atoms with Crippen molar-refractivity contribution in [1.82, 2.24) is 5.32 Å². The maximum atomic E-state index is 10.5. The van der Waals surface area contributed by atoms with Crippen LogP contribution in [0.15, 0.2) is 0 Å². The number of ether oxygens (including phenoxy) is 2. The Labute approximate surface area is 136 Å². The Morgan fingerprint density at radius 1 is 1.06 bits per heavy atom. The van der Waals surface area contributed by atoms with Crippen molar-refractivity contribution in [3.05, 3.63) is 0 Å². The van der Waals surface area contributed by atoms with Crippen molar-refractivity contribution in [3.8, 4) is 0 Å². The third-order valence-corrected chi connectivity index (χ3v) is 0.951. The average Bonchev–Trinajstić information content (AvgIpc) is 1.99. The summed E-state index contributed by atoms with van der Waals surface area (Å²) in [5, 5.41) is 2.36. The quantitative estimate of drug-likeness (QED) is 0.747. The molecule has 0 aromatic carbocycles. The first-order valence-corrected chi connectivity index (χ1v) is 4.97. The van der Waals surface area contributed by atoms with Crippen molar-refractivity contribution in [2.45, 2.75) is 60.2 Å². The van der Waals surface area contributed by atoms with Crippen LogP contribution in [0.1, 0.15) is 49.0 Å². The van der Waals surface area contributed by atoms with Gasteiger partial charge in [0, 0.05) is 39.8 Å². The molecule has 0 fully saturated rings. The van der Waals surface area contributed by atoms with Crippen molar-refractivity contribution in [3.63, 3.8) is 0 Å². The molecule has 107 valence electrons. The normalized spacial score (nSPS) is 9.50. The summed E-state index contributed by atoms with van der Waals surface area (Å²) in [4.78, 5) is 20.0. The standard InChI is InChI=1S/C6H13NO2.C5H9O2.CH4.Y/c1-6(2,3)9-5(8)7-4;1-5(2,3)7-4-6;;/h1-4H3,(H,7,8);1-3H3;1H4;/q;-1;;. The smallest absolute Gasteiger partial charge is 0.407 e. The van der Waals surface area contributed by atoms with E-state index in [9.17, 15) is 9.59 Å². The molecule has 5 nitrogen and oxygen atoms in total. The molecule has 0 bridgehead atoms. The summed E-state index contributed by atoms with van der Waals surface area (Å²) >= 11 is 0. The van der Waals surface area contributed by atoms with Crippen LogP contribution in [-0.2, 0) is 47.0 Å².